The molecule has 8 heteroatoms. The van der Waals surface area contributed by atoms with Gasteiger partial charge in [0.2, 0.25) is 0 Å². The quantitative estimate of drug-likeness (QED) is 0.465. The van der Waals surface area contributed by atoms with Crippen molar-refractivity contribution in [2.75, 3.05) is 46.1 Å². The topological polar surface area (TPSA) is 96.5 Å². The molecule has 2 aliphatic heterocycles. The Bertz CT molecular complexity index is 1300. The van der Waals surface area contributed by atoms with Crippen LogP contribution in [-0.2, 0) is 5.60 Å². The molecular weight excluding hydrogens is 440 g/mol. The van der Waals surface area contributed by atoms with Gasteiger partial charge in [0.25, 0.3) is 0 Å². The van der Waals surface area contributed by atoms with Gasteiger partial charge in [-0.3, -0.25) is 0 Å². The molecule has 0 spiro atoms. The predicted octanol–water partition coefficient (Wildman–Crippen LogP) is 3.60. The number of nitrogens with one attached hydrogen (secondary N) is 3. The van der Waals surface area contributed by atoms with Crippen LogP contribution in [0.1, 0.15) is 29.7 Å². The summed E-state index contributed by atoms with van der Waals surface area (Å²) in [6.07, 6.45) is 7.54. The maximum Gasteiger partial charge on any atom is 0.321 e. The van der Waals surface area contributed by atoms with E-state index in [0.717, 1.165) is 64.3 Å². The fourth-order valence-corrected chi connectivity index (χ4v) is 4.77. The van der Waals surface area contributed by atoms with Crippen molar-refractivity contribution in [2.24, 2.45) is 0 Å². The van der Waals surface area contributed by atoms with E-state index in [9.17, 15) is 9.90 Å². The van der Waals surface area contributed by atoms with Crippen LogP contribution in [0.25, 0.3) is 22.2 Å². The lowest BCUT2D eigenvalue weighted by Gasteiger charge is -2.31. The molecule has 0 aliphatic carbocycles. The van der Waals surface area contributed by atoms with Gasteiger partial charge in [-0.15, -0.1) is 0 Å². The number of benzene rings is 1. The molecule has 4 heterocycles. The summed E-state index contributed by atoms with van der Waals surface area (Å²) in [5, 5.41) is 18.5. The fourth-order valence-electron chi connectivity index (χ4n) is 4.77. The summed E-state index contributed by atoms with van der Waals surface area (Å²) in [4.78, 5) is 23.6. The van der Waals surface area contributed by atoms with Crippen molar-refractivity contribution in [1.29, 1.82) is 0 Å². The first kappa shape index (κ1) is 23.1. The third-order valence-corrected chi connectivity index (χ3v) is 6.83. The van der Waals surface area contributed by atoms with E-state index in [4.69, 9.17) is 0 Å². The van der Waals surface area contributed by atoms with Crippen molar-refractivity contribution in [3.8, 4) is 0 Å². The van der Waals surface area contributed by atoms with Gasteiger partial charge >= 0.3 is 6.03 Å². The Morgan fingerprint density at radius 3 is 2.60 bits per heavy atom. The second kappa shape index (κ2) is 9.20. The third-order valence-electron chi connectivity index (χ3n) is 6.83. The van der Waals surface area contributed by atoms with Crippen LogP contribution in [0, 0.1) is 0 Å². The highest BCUT2D eigenvalue weighted by molar-refractivity contribution is 6.10. The molecule has 4 N–H and O–H groups in total. The number of H-pyrrole nitrogens is 1. The average Bonchev–Trinajstić information content (AvgIpc) is 3.31. The minimum atomic E-state index is -0.869. The maximum atomic E-state index is 12.0. The molecule has 0 unspecified atom stereocenters. The van der Waals surface area contributed by atoms with Crippen molar-refractivity contribution in [3.63, 3.8) is 0 Å². The summed E-state index contributed by atoms with van der Waals surface area (Å²) in [5.41, 5.74) is 5.85. The number of aromatic nitrogens is 2. The molecule has 35 heavy (non-hydrogen) atoms. The third kappa shape index (κ3) is 4.54. The molecule has 2 aromatic heterocycles. The number of aliphatic hydroxyl groups is 1. The van der Waals surface area contributed by atoms with Crippen LogP contribution in [0.3, 0.4) is 0 Å². The standard InChI is InChI=1S/C27H32N6O2/c1-32(2)26(34)30-19-6-4-18(5-7-19)20-9-15-33(3)17-23(20)21-8-12-29-25-22(21)16-24(31-25)27(35)10-13-28-14-11-27/h4-9,12,16-17,28,35H,10-11,13-15H2,1-3H3,(H,29,31)(H,30,34). The van der Waals surface area contributed by atoms with Gasteiger partial charge in [0.05, 0.1) is 0 Å². The number of hydrogen-bond acceptors (Lipinski definition) is 5. The highest BCUT2D eigenvalue weighted by Gasteiger charge is 2.33. The molecule has 2 aliphatic rings. The summed E-state index contributed by atoms with van der Waals surface area (Å²) in [7, 11) is 5.50. The van der Waals surface area contributed by atoms with E-state index in [0.29, 0.717) is 12.8 Å². The van der Waals surface area contributed by atoms with Gasteiger partial charge in [0.1, 0.15) is 11.2 Å². The molecule has 0 atom stereocenters. The fraction of sp³-hybridized carbons (Fsp3) is 0.333. The van der Waals surface area contributed by atoms with Gasteiger partial charge in [-0.1, -0.05) is 18.2 Å². The Labute approximate surface area is 205 Å². The number of rotatable bonds is 4. The number of allylic oxidation sites excluding steroid dienone is 2. The number of urea groups is 1. The van der Waals surface area contributed by atoms with E-state index in [1.807, 2.05) is 36.5 Å². The lowest BCUT2D eigenvalue weighted by atomic mass is 9.88. The first-order chi connectivity index (χ1) is 16.8. The highest BCUT2D eigenvalue weighted by atomic mass is 16.3. The van der Waals surface area contributed by atoms with Crippen LogP contribution in [0.2, 0.25) is 0 Å². The van der Waals surface area contributed by atoms with Gasteiger partial charge in [-0.2, -0.15) is 0 Å². The summed E-state index contributed by atoms with van der Waals surface area (Å²) in [6, 6.07) is 11.9. The van der Waals surface area contributed by atoms with E-state index in [-0.39, 0.29) is 6.03 Å². The molecule has 1 saturated heterocycles. The first-order valence-electron chi connectivity index (χ1n) is 12.0. The van der Waals surface area contributed by atoms with E-state index in [1.165, 1.54) is 4.90 Å². The molecule has 182 valence electrons. The predicted molar refractivity (Wildman–Crippen MR) is 140 cm³/mol. The number of fused-ring (bicyclic) bond motifs is 1. The van der Waals surface area contributed by atoms with Crippen LogP contribution in [-0.4, -0.2) is 71.7 Å². The number of amides is 2. The minimum absolute atomic E-state index is 0.158. The van der Waals surface area contributed by atoms with Gasteiger partial charge in [-0.05, 0) is 66.9 Å². The Kier molecular flexibility index (Phi) is 6.08. The number of likely N-dealkylation sites (N-methyl/N-ethyl adjacent to an activating group) is 1. The van der Waals surface area contributed by atoms with E-state index in [2.05, 4.69) is 50.9 Å². The molecular formula is C27H32N6O2. The Morgan fingerprint density at radius 2 is 1.89 bits per heavy atom. The normalized spacial score (nSPS) is 17.7. The molecule has 0 radical (unpaired) electrons. The van der Waals surface area contributed by atoms with E-state index < -0.39 is 5.60 Å². The Hall–Kier alpha value is -3.62. The summed E-state index contributed by atoms with van der Waals surface area (Å²) < 4.78 is 0. The van der Waals surface area contributed by atoms with Gasteiger partial charge in [0, 0.05) is 62.4 Å². The summed E-state index contributed by atoms with van der Waals surface area (Å²) in [6.45, 7) is 2.39. The monoisotopic (exact) mass is 472 g/mol. The zero-order chi connectivity index (χ0) is 24.6. The van der Waals surface area contributed by atoms with Crippen LogP contribution < -0.4 is 10.6 Å². The number of hydrogen-bond donors (Lipinski definition) is 4. The van der Waals surface area contributed by atoms with Crippen molar-refractivity contribution in [2.45, 2.75) is 18.4 Å². The number of piperidine rings is 1. The average molecular weight is 473 g/mol. The largest absolute Gasteiger partial charge is 0.384 e. The number of nitrogens with zero attached hydrogens (tertiary/aromatic N) is 3. The van der Waals surface area contributed by atoms with E-state index >= 15 is 0 Å². The molecule has 2 amide bonds. The van der Waals surface area contributed by atoms with Gasteiger partial charge < -0.3 is 30.5 Å². The number of carbonyl (C=O) groups excluding carboxylic acids is 1. The number of carbonyl (C=O) groups is 1. The minimum Gasteiger partial charge on any atom is -0.384 e. The van der Waals surface area contributed by atoms with Gasteiger partial charge in [-0.25, -0.2) is 9.78 Å². The van der Waals surface area contributed by atoms with Crippen molar-refractivity contribution >= 4 is 33.9 Å². The second-order valence-corrected chi connectivity index (χ2v) is 9.59. The lowest BCUT2D eigenvalue weighted by Crippen LogP contribution is -2.39. The number of aromatic amines is 1. The van der Waals surface area contributed by atoms with Crippen molar-refractivity contribution in [3.05, 3.63) is 71.7 Å². The van der Waals surface area contributed by atoms with Crippen LogP contribution in [0.4, 0.5) is 10.5 Å². The molecule has 1 fully saturated rings. The SMILES string of the molecule is CN1C=C(c2ccnc3[nH]c(C4(O)CCNCC4)cc23)C(c2ccc(NC(=O)N(C)C)cc2)=CC1. The number of anilines is 1. The zero-order valence-corrected chi connectivity index (χ0v) is 20.4. The Balaban J connectivity index is 1.51. The molecule has 0 saturated carbocycles. The molecule has 3 aromatic rings. The smallest absolute Gasteiger partial charge is 0.321 e. The zero-order valence-electron chi connectivity index (χ0n) is 20.4. The van der Waals surface area contributed by atoms with E-state index in [1.54, 1.807) is 14.1 Å². The number of pyridine rings is 1. The molecule has 5 rings (SSSR count). The van der Waals surface area contributed by atoms with Gasteiger partial charge in [0.15, 0.2) is 0 Å². The summed E-state index contributed by atoms with van der Waals surface area (Å²) >= 11 is 0. The van der Waals surface area contributed by atoms with Crippen LogP contribution in [0.15, 0.2) is 54.9 Å². The highest BCUT2D eigenvalue weighted by Crippen LogP contribution is 2.39. The molecule has 1 aromatic carbocycles. The lowest BCUT2D eigenvalue weighted by molar-refractivity contribution is 0.00252. The Morgan fingerprint density at radius 1 is 1.14 bits per heavy atom. The molecule has 0 bridgehead atoms. The first-order valence-corrected chi connectivity index (χ1v) is 12.0. The van der Waals surface area contributed by atoms with Crippen LogP contribution >= 0.6 is 0 Å². The van der Waals surface area contributed by atoms with Crippen LogP contribution in [0.5, 0.6) is 0 Å². The summed E-state index contributed by atoms with van der Waals surface area (Å²) in [5.74, 6) is 0. The second-order valence-electron chi connectivity index (χ2n) is 9.59. The van der Waals surface area contributed by atoms with Crippen molar-refractivity contribution < 1.29 is 9.90 Å². The molecule has 8 nitrogen and oxygen atoms in total. The van der Waals surface area contributed by atoms with Crippen molar-refractivity contribution in [1.82, 2.24) is 25.1 Å². The maximum absolute atomic E-state index is 12.0.